The van der Waals surface area contributed by atoms with Crippen LogP contribution in [0.1, 0.15) is 0 Å². The Morgan fingerprint density at radius 3 is 1.87 bits per heavy atom. The number of rotatable bonds is 5. The molecule has 3 nitrogen and oxygen atoms in total. The number of nitrogens with zero attached hydrogens (tertiary/aromatic N) is 2. The summed E-state index contributed by atoms with van der Waals surface area (Å²) in [5.41, 5.74) is 10.9. The van der Waals surface area contributed by atoms with Crippen LogP contribution in [0.15, 0.2) is 174 Å². The summed E-state index contributed by atoms with van der Waals surface area (Å²) in [7, 11) is 0. The van der Waals surface area contributed by atoms with Crippen LogP contribution in [0.4, 0.5) is 17.1 Å². The molecule has 7 aromatic carbocycles. The minimum absolute atomic E-state index is 0.887. The van der Waals surface area contributed by atoms with Crippen molar-refractivity contribution in [1.29, 1.82) is 0 Å². The molecule has 0 radical (unpaired) electrons. The highest BCUT2D eigenvalue weighted by Gasteiger charge is 2.21. The van der Waals surface area contributed by atoms with Crippen LogP contribution >= 0.6 is 0 Å². The molecule has 0 atom stereocenters. The number of benzene rings is 7. The lowest BCUT2D eigenvalue weighted by molar-refractivity contribution is 0.669. The van der Waals surface area contributed by atoms with Gasteiger partial charge in [0.2, 0.25) is 0 Å². The van der Waals surface area contributed by atoms with Crippen LogP contribution in [0.25, 0.3) is 60.6 Å². The zero-order chi connectivity index (χ0) is 29.7. The first-order valence-electron chi connectivity index (χ1n) is 15.3. The molecule has 0 aliphatic heterocycles. The van der Waals surface area contributed by atoms with Gasteiger partial charge in [-0.1, -0.05) is 103 Å². The van der Waals surface area contributed by atoms with Crippen LogP contribution in [0.5, 0.6) is 0 Å². The second-order valence-corrected chi connectivity index (χ2v) is 11.4. The summed E-state index contributed by atoms with van der Waals surface area (Å²) in [6, 6.07) is 60.3. The number of hydrogen-bond acceptors (Lipinski definition) is 2. The maximum atomic E-state index is 6.21. The Bertz CT molecular complexity index is 2470. The first-order valence-corrected chi connectivity index (χ1v) is 15.3. The molecular weight excluding hydrogens is 548 g/mol. The van der Waals surface area contributed by atoms with E-state index in [2.05, 4.69) is 167 Å². The Morgan fingerprint density at radius 1 is 0.422 bits per heavy atom. The molecule has 0 aliphatic rings. The number of fused-ring (bicyclic) bond motifs is 6. The van der Waals surface area contributed by atoms with Crippen molar-refractivity contribution in [3.63, 3.8) is 0 Å². The van der Waals surface area contributed by atoms with E-state index >= 15 is 0 Å². The molecule has 0 N–H and O–H groups in total. The van der Waals surface area contributed by atoms with Crippen LogP contribution < -0.4 is 4.90 Å². The van der Waals surface area contributed by atoms with Crippen molar-refractivity contribution >= 4 is 60.8 Å². The van der Waals surface area contributed by atoms with Gasteiger partial charge in [-0.05, 0) is 77.9 Å². The second-order valence-electron chi connectivity index (χ2n) is 11.4. The largest absolute Gasteiger partial charge is 0.456 e. The lowest BCUT2D eigenvalue weighted by Gasteiger charge is -2.26. The summed E-state index contributed by atoms with van der Waals surface area (Å²) < 4.78 is 8.61. The Kier molecular flexibility index (Phi) is 5.82. The molecule has 2 heterocycles. The van der Waals surface area contributed by atoms with Crippen LogP contribution in [0.2, 0.25) is 0 Å². The number of furan rings is 1. The maximum Gasteiger partial charge on any atom is 0.135 e. The highest BCUT2D eigenvalue weighted by Crippen LogP contribution is 2.45. The molecule has 0 saturated carbocycles. The SMILES string of the molecule is c1ccc(-c2cc(N(c3ccccc3)c3ccc4oc5ccccc5c4c3)cc3c2c2ccccc2n3-c2ccccc2)cc1. The van der Waals surface area contributed by atoms with Crippen molar-refractivity contribution in [2.75, 3.05) is 4.90 Å². The summed E-state index contributed by atoms with van der Waals surface area (Å²) in [4.78, 5) is 2.36. The molecule has 0 saturated heterocycles. The highest BCUT2D eigenvalue weighted by atomic mass is 16.3. The number of anilines is 3. The molecule has 0 bridgehead atoms. The third-order valence-electron chi connectivity index (χ3n) is 8.75. The van der Waals surface area contributed by atoms with Gasteiger partial charge >= 0.3 is 0 Å². The smallest absolute Gasteiger partial charge is 0.135 e. The zero-order valence-electron chi connectivity index (χ0n) is 24.5. The van der Waals surface area contributed by atoms with Gasteiger partial charge in [-0.25, -0.2) is 0 Å². The molecule has 2 aromatic heterocycles. The molecule has 45 heavy (non-hydrogen) atoms. The van der Waals surface area contributed by atoms with Gasteiger partial charge in [-0.2, -0.15) is 0 Å². The highest BCUT2D eigenvalue weighted by molar-refractivity contribution is 6.17. The van der Waals surface area contributed by atoms with Gasteiger partial charge in [-0.3, -0.25) is 0 Å². The van der Waals surface area contributed by atoms with E-state index in [1.54, 1.807) is 0 Å². The van der Waals surface area contributed by atoms with E-state index in [0.29, 0.717) is 0 Å². The summed E-state index contributed by atoms with van der Waals surface area (Å²) >= 11 is 0. The van der Waals surface area contributed by atoms with Gasteiger partial charge in [0.15, 0.2) is 0 Å². The molecule has 9 rings (SSSR count). The second kappa shape index (κ2) is 10.3. The molecular formula is C42H28N2O. The minimum Gasteiger partial charge on any atom is -0.456 e. The lowest BCUT2D eigenvalue weighted by Crippen LogP contribution is -2.10. The fourth-order valence-corrected chi connectivity index (χ4v) is 6.79. The van der Waals surface area contributed by atoms with Crippen molar-refractivity contribution in [2.24, 2.45) is 0 Å². The molecule has 9 aromatic rings. The van der Waals surface area contributed by atoms with Gasteiger partial charge in [0, 0.05) is 44.3 Å². The van der Waals surface area contributed by atoms with Gasteiger partial charge < -0.3 is 13.9 Å². The normalized spacial score (nSPS) is 11.6. The third-order valence-corrected chi connectivity index (χ3v) is 8.75. The fourth-order valence-electron chi connectivity index (χ4n) is 6.79. The first-order chi connectivity index (χ1) is 22.3. The van der Waals surface area contributed by atoms with Crippen LogP contribution in [0.3, 0.4) is 0 Å². The fraction of sp³-hybridized carbons (Fsp3) is 0. The van der Waals surface area contributed by atoms with E-state index in [9.17, 15) is 0 Å². The Morgan fingerprint density at radius 2 is 1.07 bits per heavy atom. The average molecular weight is 577 g/mol. The van der Waals surface area contributed by atoms with Crippen LogP contribution in [-0.2, 0) is 0 Å². The van der Waals surface area contributed by atoms with E-state index in [0.717, 1.165) is 50.2 Å². The molecule has 0 unspecified atom stereocenters. The van der Waals surface area contributed by atoms with Crippen molar-refractivity contribution in [1.82, 2.24) is 4.57 Å². The Balaban J connectivity index is 1.39. The molecule has 0 aliphatic carbocycles. The molecule has 3 heteroatoms. The van der Waals surface area contributed by atoms with E-state index in [-0.39, 0.29) is 0 Å². The van der Waals surface area contributed by atoms with E-state index in [4.69, 9.17) is 4.42 Å². The van der Waals surface area contributed by atoms with Crippen molar-refractivity contribution < 1.29 is 4.42 Å². The monoisotopic (exact) mass is 576 g/mol. The molecule has 0 amide bonds. The standard InChI is InChI=1S/C42H28N2O/c1-4-14-29(15-5-1)36-27-33(28-39-42(36)35-21-10-12-22-38(35)44(39)31-18-8-3-9-19-31)43(30-16-6-2-7-17-30)32-24-25-41-37(26-32)34-20-11-13-23-40(34)45-41/h1-28H. The van der Waals surface area contributed by atoms with Gasteiger partial charge in [0.1, 0.15) is 11.2 Å². The van der Waals surface area contributed by atoms with Gasteiger partial charge in [0.05, 0.1) is 11.0 Å². The van der Waals surface area contributed by atoms with Crippen LogP contribution in [0, 0.1) is 0 Å². The Hall–Kier alpha value is -6.06. The molecule has 0 fully saturated rings. The topological polar surface area (TPSA) is 21.3 Å². The van der Waals surface area contributed by atoms with E-state index < -0.39 is 0 Å². The zero-order valence-corrected chi connectivity index (χ0v) is 24.5. The predicted octanol–water partition coefficient (Wildman–Crippen LogP) is 11.8. The molecule has 0 spiro atoms. The minimum atomic E-state index is 0.887. The quantitative estimate of drug-likeness (QED) is 0.203. The predicted molar refractivity (Wildman–Crippen MR) is 188 cm³/mol. The van der Waals surface area contributed by atoms with Crippen molar-refractivity contribution in [3.05, 3.63) is 170 Å². The first kappa shape index (κ1) is 25.4. The van der Waals surface area contributed by atoms with Crippen LogP contribution in [-0.4, -0.2) is 4.57 Å². The number of hydrogen-bond donors (Lipinski definition) is 0. The third kappa shape index (κ3) is 4.13. The summed E-state index contributed by atoms with van der Waals surface area (Å²) in [5, 5.41) is 4.70. The van der Waals surface area contributed by atoms with E-state index in [1.807, 2.05) is 12.1 Å². The summed E-state index contributed by atoms with van der Waals surface area (Å²) in [5.74, 6) is 0. The van der Waals surface area contributed by atoms with E-state index in [1.165, 1.54) is 27.4 Å². The number of para-hydroxylation sites is 4. The average Bonchev–Trinajstić information content (AvgIpc) is 3.65. The summed E-state index contributed by atoms with van der Waals surface area (Å²) in [6.07, 6.45) is 0. The maximum absolute atomic E-state index is 6.21. The molecule has 212 valence electrons. The number of aromatic nitrogens is 1. The van der Waals surface area contributed by atoms with Gasteiger partial charge in [-0.15, -0.1) is 0 Å². The van der Waals surface area contributed by atoms with Gasteiger partial charge in [0.25, 0.3) is 0 Å². The summed E-state index contributed by atoms with van der Waals surface area (Å²) in [6.45, 7) is 0. The van der Waals surface area contributed by atoms with Crippen molar-refractivity contribution in [2.45, 2.75) is 0 Å². The van der Waals surface area contributed by atoms with Crippen molar-refractivity contribution in [3.8, 4) is 16.8 Å². The lowest BCUT2D eigenvalue weighted by atomic mass is 9.98. The Labute approximate surface area is 260 Å².